The van der Waals surface area contributed by atoms with Gasteiger partial charge in [0.15, 0.2) is 0 Å². The summed E-state index contributed by atoms with van der Waals surface area (Å²) in [6.45, 7) is 0. The molecular weight excluding hydrogens is 200 g/mol. The molecule has 2 atom stereocenters. The van der Waals surface area contributed by atoms with Gasteiger partial charge in [-0.2, -0.15) is 0 Å². The van der Waals surface area contributed by atoms with E-state index in [1.807, 2.05) is 0 Å². The third-order valence-electron chi connectivity index (χ3n) is 2.26. The summed E-state index contributed by atoms with van der Waals surface area (Å²) in [5.41, 5.74) is 0.503. The van der Waals surface area contributed by atoms with Gasteiger partial charge in [-0.15, -0.1) is 0 Å². The summed E-state index contributed by atoms with van der Waals surface area (Å²) in [5.74, 6) is -2.08. The highest BCUT2D eigenvalue weighted by molar-refractivity contribution is 5.95. The second kappa shape index (κ2) is 3.36. The Hall–Kier alpha value is -1.88. The van der Waals surface area contributed by atoms with E-state index < -0.39 is 24.1 Å². The first-order valence-corrected chi connectivity index (χ1v) is 4.32. The minimum absolute atomic E-state index is 0.211. The predicted molar refractivity (Wildman–Crippen MR) is 48.2 cm³/mol. The van der Waals surface area contributed by atoms with Crippen molar-refractivity contribution in [2.75, 3.05) is 0 Å². The molecule has 2 rings (SSSR count). The Morgan fingerprint density at radius 1 is 1.33 bits per heavy atom. The van der Waals surface area contributed by atoms with Gasteiger partial charge in [-0.1, -0.05) is 18.2 Å². The number of hydrogen-bond acceptors (Lipinski definition) is 4. The molecule has 0 fully saturated rings. The van der Waals surface area contributed by atoms with E-state index in [1.54, 1.807) is 12.1 Å². The maximum Gasteiger partial charge on any atom is 0.348 e. The highest BCUT2D eigenvalue weighted by Gasteiger charge is 2.38. The van der Waals surface area contributed by atoms with E-state index in [9.17, 15) is 14.7 Å². The van der Waals surface area contributed by atoms with Crippen molar-refractivity contribution in [2.24, 2.45) is 0 Å². The topological polar surface area (TPSA) is 83.8 Å². The maximum atomic E-state index is 11.3. The summed E-state index contributed by atoms with van der Waals surface area (Å²) in [7, 11) is 0. The molecular formula is C10H8O5. The number of aliphatic carboxylic acids is 1. The number of cyclic esters (lactones) is 1. The molecule has 78 valence electrons. The van der Waals surface area contributed by atoms with Gasteiger partial charge in [0, 0.05) is 0 Å². The fourth-order valence-electron chi connectivity index (χ4n) is 1.53. The third kappa shape index (κ3) is 1.46. The van der Waals surface area contributed by atoms with Crippen LogP contribution in [0.5, 0.6) is 0 Å². The first kappa shape index (κ1) is 9.67. The Kier molecular flexibility index (Phi) is 2.17. The van der Waals surface area contributed by atoms with Gasteiger partial charge in [-0.05, 0) is 11.6 Å². The van der Waals surface area contributed by atoms with E-state index in [0.29, 0.717) is 5.56 Å². The van der Waals surface area contributed by atoms with Crippen LogP contribution in [0.2, 0.25) is 0 Å². The average molecular weight is 208 g/mol. The predicted octanol–water partition coefficient (Wildman–Crippen LogP) is 0.344. The Labute approximate surface area is 84.9 Å². The fraction of sp³-hybridized carbons (Fsp3) is 0.200. The smallest absolute Gasteiger partial charge is 0.348 e. The van der Waals surface area contributed by atoms with Crippen molar-refractivity contribution in [2.45, 2.75) is 12.2 Å². The van der Waals surface area contributed by atoms with E-state index in [0.717, 1.165) is 0 Å². The molecule has 2 unspecified atom stereocenters. The highest BCUT2D eigenvalue weighted by atomic mass is 16.6. The van der Waals surface area contributed by atoms with Gasteiger partial charge in [-0.3, -0.25) is 0 Å². The lowest BCUT2D eigenvalue weighted by Gasteiger charge is -2.26. The van der Waals surface area contributed by atoms with Gasteiger partial charge in [-0.25, -0.2) is 9.59 Å². The van der Waals surface area contributed by atoms with Crippen molar-refractivity contribution in [1.29, 1.82) is 0 Å². The molecule has 15 heavy (non-hydrogen) atoms. The molecule has 1 heterocycles. The Bertz CT molecular complexity index is 426. The van der Waals surface area contributed by atoms with E-state index in [4.69, 9.17) is 5.11 Å². The zero-order chi connectivity index (χ0) is 11.0. The van der Waals surface area contributed by atoms with Crippen molar-refractivity contribution >= 4 is 11.9 Å². The highest BCUT2D eigenvalue weighted by Crippen LogP contribution is 2.29. The third-order valence-corrected chi connectivity index (χ3v) is 2.26. The van der Waals surface area contributed by atoms with Gasteiger partial charge < -0.3 is 14.9 Å². The van der Waals surface area contributed by atoms with Crippen LogP contribution in [0.25, 0.3) is 0 Å². The maximum absolute atomic E-state index is 11.3. The summed E-state index contributed by atoms with van der Waals surface area (Å²) >= 11 is 0. The molecule has 2 N–H and O–H groups in total. The molecule has 0 radical (unpaired) electrons. The molecule has 0 bridgehead atoms. The number of carboxylic acids is 1. The van der Waals surface area contributed by atoms with E-state index in [1.165, 1.54) is 12.1 Å². The van der Waals surface area contributed by atoms with Crippen LogP contribution in [-0.4, -0.2) is 28.3 Å². The number of esters is 1. The zero-order valence-electron chi connectivity index (χ0n) is 7.58. The van der Waals surface area contributed by atoms with Crippen molar-refractivity contribution in [3.8, 4) is 0 Å². The average Bonchev–Trinajstić information content (AvgIpc) is 2.23. The number of rotatable bonds is 1. The molecule has 0 saturated carbocycles. The lowest BCUT2D eigenvalue weighted by Crippen LogP contribution is -2.37. The molecule has 1 aromatic rings. The molecule has 1 aliphatic heterocycles. The minimum Gasteiger partial charge on any atom is -0.478 e. The second-order valence-corrected chi connectivity index (χ2v) is 3.20. The molecule has 0 spiro atoms. The lowest BCUT2D eigenvalue weighted by molar-refractivity contribution is -0.154. The van der Waals surface area contributed by atoms with Crippen LogP contribution in [0.3, 0.4) is 0 Å². The quantitative estimate of drug-likeness (QED) is 0.650. The molecule has 0 amide bonds. The van der Waals surface area contributed by atoms with Gasteiger partial charge in [0.05, 0.1) is 5.56 Å². The van der Waals surface area contributed by atoms with Crippen LogP contribution in [-0.2, 0) is 9.53 Å². The number of benzene rings is 1. The van der Waals surface area contributed by atoms with E-state index >= 15 is 0 Å². The number of carboxylic acid groups (broad SMARTS) is 1. The number of carbonyl (C=O) groups excluding carboxylic acids is 1. The summed E-state index contributed by atoms with van der Waals surface area (Å²) in [6, 6.07) is 6.24. The lowest BCUT2D eigenvalue weighted by atomic mass is 9.96. The normalized spacial score (nSPS) is 24.2. The SMILES string of the molecule is O=C1OC(C(=O)O)C(O)c2ccccc21. The van der Waals surface area contributed by atoms with Gasteiger partial charge in [0.1, 0.15) is 6.10 Å². The van der Waals surface area contributed by atoms with Crippen molar-refractivity contribution in [3.63, 3.8) is 0 Å². The van der Waals surface area contributed by atoms with Crippen molar-refractivity contribution in [3.05, 3.63) is 35.4 Å². The zero-order valence-corrected chi connectivity index (χ0v) is 7.58. The summed E-state index contributed by atoms with van der Waals surface area (Å²) in [6.07, 6.45) is -2.83. The fourth-order valence-corrected chi connectivity index (χ4v) is 1.53. The number of aliphatic hydroxyl groups is 1. The second-order valence-electron chi connectivity index (χ2n) is 3.20. The van der Waals surface area contributed by atoms with Crippen molar-refractivity contribution in [1.82, 2.24) is 0 Å². The molecule has 1 aromatic carbocycles. The minimum atomic E-state index is -1.52. The summed E-state index contributed by atoms with van der Waals surface area (Å²) < 4.78 is 4.60. The first-order valence-electron chi connectivity index (χ1n) is 4.32. The van der Waals surface area contributed by atoms with Crippen LogP contribution >= 0.6 is 0 Å². The van der Waals surface area contributed by atoms with Crippen LogP contribution < -0.4 is 0 Å². The largest absolute Gasteiger partial charge is 0.478 e. The number of hydrogen-bond donors (Lipinski definition) is 2. The van der Waals surface area contributed by atoms with E-state index in [-0.39, 0.29) is 5.56 Å². The van der Waals surface area contributed by atoms with Crippen LogP contribution in [0.1, 0.15) is 22.0 Å². The van der Waals surface area contributed by atoms with Gasteiger partial charge in [0.25, 0.3) is 0 Å². The van der Waals surface area contributed by atoms with Crippen LogP contribution in [0, 0.1) is 0 Å². The standard InChI is InChI=1S/C10H8O5/c11-7-5-3-1-2-4-6(5)10(14)15-8(7)9(12)13/h1-4,7-8,11H,(H,12,13). The summed E-state index contributed by atoms with van der Waals surface area (Å²) in [4.78, 5) is 22.0. The van der Waals surface area contributed by atoms with Crippen LogP contribution in [0.4, 0.5) is 0 Å². The Morgan fingerprint density at radius 3 is 2.67 bits per heavy atom. The Morgan fingerprint density at radius 2 is 2.00 bits per heavy atom. The number of fused-ring (bicyclic) bond motifs is 1. The molecule has 5 heteroatoms. The van der Waals surface area contributed by atoms with Gasteiger partial charge >= 0.3 is 11.9 Å². The first-order chi connectivity index (χ1) is 7.11. The number of carbonyl (C=O) groups is 2. The number of aliphatic hydroxyl groups excluding tert-OH is 1. The molecule has 0 aromatic heterocycles. The van der Waals surface area contributed by atoms with Crippen molar-refractivity contribution < 1.29 is 24.5 Å². The molecule has 5 nitrogen and oxygen atoms in total. The van der Waals surface area contributed by atoms with Crippen LogP contribution in [0.15, 0.2) is 24.3 Å². The van der Waals surface area contributed by atoms with E-state index in [2.05, 4.69) is 4.74 Å². The molecule has 0 saturated heterocycles. The number of ether oxygens (including phenoxy) is 1. The Balaban J connectivity index is 2.48. The van der Waals surface area contributed by atoms with Gasteiger partial charge in [0.2, 0.25) is 6.10 Å². The summed E-state index contributed by atoms with van der Waals surface area (Å²) in [5, 5.41) is 18.4. The monoisotopic (exact) mass is 208 g/mol. The molecule has 0 aliphatic carbocycles. The molecule has 1 aliphatic rings.